The first kappa shape index (κ1) is 21.7. The summed E-state index contributed by atoms with van der Waals surface area (Å²) < 4.78 is 9.79. The van der Waals surface area contributed by atoms with Gasteiger partial charge in [0.15, 0.2) is 0 Å². The molecule has 0 spiro atoms. The minimum atomic E-state index is -0.811. The van der Waals surface area contributed by atoms with Gasteiger partial charge in [-0.2, -0.15) is 0 Å². The van der Waals surface area contributed by atoms with Gasteiger partial charge in [0.25, 0.3) is 0 Å². The van der Waals surface area contributed by atoms with Crippen molar-refractivity contribution in [3.63, 3.8) is 0 Å². The molecule has 2 N–H and O–H groups in total. The number of benzene rings is 1. The quantitative estimate of drug-likeness (QED) is 0.449. The van der Waals surface area contributed by atoms with Crippen LogP contribution in [0.25, 0.3) is 0 Å². The molecule has 1 amide bonds. The number of nitrogens with one attached hydrogen (secondary N) is 2. The molecular formula is C19H25ClN2O4. The summed E-state index contributed by atoms with van der Waals surface area (Å²) in [5, 5.41) is 6.27. The zero-order valence-electron chi connectivity index (χ0n) is 15.7. The van der Waals surface area contributed by atoms with E-state index >= 15 is 0 Å². The summed E-state index contributed by atoms with van der Waals surface area (Å²) in [6.07, 6.45) is -0.648. The van der Waals surface area contributed by atoms with Gasteiger partial charge in [0.2, 0.25) is 0 Å². The van der Waals surface area contributed by atoms with Crippen molar-refractivity contribution < 1.29 is 19.1 Å². The Morgan fingerprint density at radius 2 is 1.85 bits per heavy atom. The van der Waals surface area contributed by atoms with E-state index in [0.29, 0.717) is 5.02 Å². The van der Waals surface area contributed by atoms with Crippen molar-refractivity contribution in [3.05, 3.63) is 34.9 Å². The minimum Gasteiger partial charge on any atom is -0.469 e. The Labute approximate surface area is 159 Å². The van der Waals surface area contributed by atoms with E-state index < -0.39 is 11.6 Å². The Hall–Kier alpha value is -2.39. The Balaban J connectivity index is 2.82. The van der Waals surface area contributed by atoms with E-state index in [-0.39, 0.29) is 24.5 Å². The average molecular weight is 381 g/mol. The summed E-state index contributed by atoms with van der Waals surface area (Å²) in [6, 6.07) is 9.55. The number of halogens is 1. The first-order valence-electron chi connectivity index (χ1n) is 8.21. The summed E-state index contributed by atoms with van der Waals surface area (Å²) in [4.78, 5) is 23.4. The molecule has 0 saturated heterocycles. The molecule has 1 unspecified atom stereocenters. The first-order chi connectivity index (χ1) is 12.1. The highest BCUT2D eigenvalue weighted by Gasteiger charge is 2.20. The number of carbonyl (C=O) groups is 2. The highest BCUT2D eigenvalue weighted by Crippen LogP contribution is 2.19. The molecular weight excluding hydrogens is 356 g/mol. The number of ether oxygens (including phenoxy) is 2. The topological polar surface area (TPSA) is 76.7 Å². The van der Waals surface area contributed by atoms with Crippen LogP contribution in [0.1, 0.15) is 45.7 Å². The molecule has 0 heterocycles. The van der Waals surface area contributed by atoms with Crippen molar-refractivity contribution in [1.29, 1.82) is 0 Å². The molecule has 0 aromatic heterocycles. The number of amides is 1. The van der Waals surface area contributed by atoms with E-state index in [1.54, 1.807) is 39.8 Å². The van der Waals surface area contributed by atoms with E-state index in [1.165, 1.54) is 7.11 Å². The molecule has 0 fully saturated rings. The Kier molecular flexibility index (Phi) is 8.27. The van der Waals surface area contributed by atoms with Crippen molar-refractivity contribution in [2.75, 3.05) is 7.11 Å². The molecule has 26 heavy (non-hydrogen) atoms. The van der Waals surface area contributed by atoms with Crippen molar-refractivity contribution in [2.24, 2.45) is 0 Å². The van der Waals surface area contributed by atoms with Gasteiger partial charge in [-0.15, -0.1) is 0 Å². The second kappa shape index (κ2) is 9.93. The zero-order valence-corrected chi connectivity index (χ0v) is 16.4. The van der Waals surface area contributed by atoms with E-state index in [1.807, 2.05) is 12.1 Å². The Morgan fingerprint density at radius 1 is 1.23 bits per heavy atom. The lowest BCUT2D eigenvalue weighted by Crippen LogP contribution is -2.43. The Bertz CT molecular complexity index is 675. The number of esters is 1. The highest BCUT2D eigenvalue weighted by molar-refractivity contribution is 6.30. The molecule has 1 rings (SSSR count). The van der Waals surface area contributed by atoms with E-state index in [0.717, 1.165) is 5.56 Å². The number of alkyl carbamates (subject to hydrolysis) is 1. The van der Waals surface area contributed by atoms with Crippen LogP contribution < -0.4 is 10.6 Å². The second-order valence-electron chi connectivity index (χ2n) is 6.48. The smallest absolute Gasteiger partial charge is 0.408 e. The van der Waals surface area contributed by atoms with Crippen LogP contribution in [0.2, 0.25) is 5.02 Å². The van der Waals surface area contributed by atoms with Crippen LogP contribution >= 0.6 is 11.6 Å². The molecule has 6 nitrogen and oxygen atoms in total. The predicted octanol–water partition coefficient (Wildman–Crippen LogP) is 3.41. The number of methoxy groups -OCH3 is 1. The molecule has 0 saturated carbocycles. The monoisotopic (exact) mass is 380 g/mol. The SMILES string of the molecule is COC(=O)CC(NC#CC(C)(C)NC(=O)OC(C)C)c1ccc(Cl)cc1. The van der Waals surface area contributed by atoms with Crippen LogP contribution in [-0.4, -0.2) is 30.8 Å². The zero-order chi connectivity index (χ0) is 19.7. The standard InChI is InChI=1S/C19H25ClN2O4/c1-13(2)26-18(24)22-19(3,4)10-11-21-16(12-17(23)25-5)14-6-8-15(20)9-7-14/h6-9,13,16,21H,12H2,1-5H3,(H,22,24). The van der Waals surface area contributed by atoms with Gasteiger partial charge in [-0.05, 0) is 45.4 Å². The summed E-state index contributed by atoms with van der Waals surface area (Å²) in [7, 11) is 1.33. The van der Waals surface area contributed by atoms with Gasteiger partial charge in [-0.3, -0.25) is 4.79 Å². The van der Waals surface area contributed by atoms with Gasteiger partial charge >= 0.3 is 12.1 Å². The van der Waals surface area contributed by atoms with E-state index in [2.05, 4.69) is 22.6 Å². The normalized spacial score (nSPS) is 11.8. The van der Waals surface area contributed by atoms with Gasteiger partial charge in [0.1, 0.15) is 5.54 Å². The Morgan fingerprint density at radius 3 is 2.38 bits per heavy atom. The lowest BCUT2D eigenvalue weighted by atomic mass is 10.0. The van der Waals surface area contributed by atoms with Gasteiger partial charge < -0.3 is 20.1 Å². The molecule has 0 aliphatic carbocycles. The van der Waals surface area contributed by atoms with Crippen molar-refractivity contribution >= 4 is 23.7 Å². The third-order valence-electron chi connectivity index (χ3n) is 3.25. The van der Waals surface area contributed by atoms with Crippen LogP contribution in [0.5, 0.6) is 0 Å². The third kappa shape index (κ3) is 8.13. The van der Waals surface area contributed by atoms with Gasteiger partial charge in [0.05, 0.1) is 25.7 Å². The summed E-state index contributed by atoms with van der Waals surface area (Å²) in [5.74, 6) is 2.55. The minimum absolute atomic E-state index is 0.107. The number of hydrogen-bond donors (Lipinski definition) is 2. The van der Waals surface area contributed by atoms with Crippen LogP contribution in [0.3, 0.4) is 0 Å². The van der Waals surface area contributed by atoms with Crippen LogP contribution in [-0.2, 0) is 14.3 Å². The fourth-order valence-electron chi connectivity index (χ4n) is 2.01. The summed E-state index contributed by atoms with van der Waals surface area (Å²) in [5.41, 5.74) is 0.0356. The molecule has 0 aliphatic heterocycles. The highest BCUT2D eigenvalue weighted by atomic mass is 35.5. The lowest BCUT2D eigenvalue weighted by Gasteiger charge is -2.21. The van der Waals surface area contributed by atoms with Crippen molar-refractivity contribution in [2.45, 2.75) is 51.8 Å². The van der Waals surface area contributed by atoms with Crippen molar-refractivity contribution in [3.8, 4) is 12.0 Å². The first-order valence-corrected chi connectivity index (χ1v) is 8.59. The van der Waals surface area contributed by atoms with Crippen LogP contribution in [0, 0.1) is 12.0 Å². The number of carbonyl (C=O) groups excluding carboxylic acids is 2. The molecule has 1 atom stereocenters. The van der Waals surface area contributed by atoms with E-state index in [9.17, 15) is 9.59 Å². The molecule has 0 bridgehead atoms. The maximum atomic E-state index is 11.7. The number of hydrogen-bond acceptors (Lipinski definition) is 5. The molecule has 0 aliphatic rings. The summed E-state index contributed by atoms with van der Waals surface area (Å²) in [6.45, 7) is 7.04. The molecule has 7 heteroatoms. The average Bonchev–Trinajstić information content (AvgIpc) is 2.52. The largest absolute Gasteiger partial charge is 0.469 e. The van der Waals surface area contributed by atoms with Gasteiger partial charge in [-0.1, -0.05) is 29.7 Å². The van der Waals surface area contributed by atoms with Gasteiger partial charge in [0, 0.05) is 11.1 Å². The summed E-state index contributed by atoms with van der Waals surface area (Å²) >= 11 is 5.91. The second-order valence-corrected chi connectivity index (χ2v) is 6.92. The molecule has 1 aromatic carbocycles. The molecule has 0 radical (unpaired) electrons. The molecule has 142 valence electrons. The molecule has 1 aromatic rings. The fraction of sp³-hybridized carbons (Fsp3) is 0.474. The van der Waals surface area contributed by atoms with Gasteiger partial charge in [-0.25, -0.2) is 4.79 Å². The van der Waals surface area contributed by atoms with Crippen molar-refractivity contribution in [1.82, 2.24) is 10.6 Å². The maximum absolute atomic E-state index is 11.7. The maximum Gasteiger partial charge on any atom is 0.408 e. The lowest BCUT2D eigenvalue weighted by molar-refractivity contribution is -0.141. The number of rotatable bonds is 6. The van der Waals surface area contributed by atoms with E-state index in [4.69, 9.17) is 21.1 Å². The predicted molar refractivity (Wildman–Crippen MR) is 101 cm³/mol. The fourth-order valence-corrected chi connectivity index (χ4v) is 2.13. The van der Waals surface area contributed by atoms with Crippen LogP contribution in [0.4, 0.5) is 4.79 Å². The van der Waals surface area contributed by atoms with Crippen LogP contribution in [0.15, 0.2) is 24.3 Å². The third-order valence-corrected chi connectivity index (χ3v) is 3.50.